The van der Waals surface area contributed by atoms with Gasteiger partial charge in [-0.15, -0.1) is 6.07 Å². The van der Waals surface area contributed by atoms with Gasteiger partial charge < -0.3 is 31.7 Å². The van der Waals surface area contributed by atoms with Crippen LogP contribution < -0.4 is 9.80 Å². The summed E-state index contributed by atoms with van der Waals surface area (Å²) >= 11 is 13.6. The van der Waals surface area contributed by atoms with E-state index in [9.17, 15) is 9.59 Å². The molecule has 3 aliphatic rings. The molecule has 0 aromatic heterocycles. The number of carbonyl (C=O) groups excluding carboxylic acids is 2. The van der Waals surface area contributed by atoms with Crippen LogP contribution in [0.3, 0.4) is 0 Å². The molecule has 0 fully saturated rings. The fraction of sp³-hybridized carbons (Fsp3) is 0.316. The Balaban J connectivity index is -0.000000137. The van der Waals surface area contributed by atoms with Crippen LogP contribution in [0.4, 0.5) is 11.4 Å². The number of rotatable bonds is 4. The first-order chi connectivity index (χ1) is 23.2. The molecule has 6 nitrogen and oxygen atoms in total. The molecular formula is C38H46I6N4O2Y4-4. The second kappa shape index (κ2) is 44.2. The number of anilines is 2. The van der Waals surface area contributed by atoms with Gasteiger partial charge in [-0.25, -0.2) is 0 Å². The number of alkyl halides is 6. The summed E-state index contributed by atoms with van der Waals surface area (Å²) in [6.45, 7) is 10.5. The Kier molecular flexibility index (Phi) is 57.4. The number of nitrogens with zero attached hydrogens (tertiary/aromatic N) is 2. The van der Waals surface area contributed by atoms with Gasteiger partial charge in [-0.1, -0.05) is 206 Å². The summed E-state index contributed by atoms with van der Waals surface area (Å²) in [5.74, 6) is 0. The van der Waals surface area contributed by atoms with Crippen LogP contribution in [0.2, 0.25) is 0 Å². The predicted molar refractivity (Wildman–Crippen MR) is 274 cm³/mol. The number of aryl methyl sites for hydroxylation is 2. The predicted octanol–water partition coefficient (Wildman–Crippen LogP) is 13.8. The van der Waals surface area contributed by atoms with Crippen molar-refractivity contribution < 1.29 is 140 Å². The normalized spacial score (nSPS) is 11.3. The van der Waals surface area contributed by atoms with Gasteiger partial charge in [0.25, 0.3) is 0 Å². The van der Waals surface area contributed by atoms with Crippen molar-refractivity contribution in [1.29, 1.82) is 0 Å². The van der Waals surface area contributed by atoms with Crippen LogP contribution in [0.1, 0.15) is 59.2 Å². The summed E-state index contributed by atoms with van der Waals surface area (Å²) in [6.07, 6.45) is 18.8. The minimum Gasteiger partial charge on any atom is -0.693 e. The maximum Gasteiger partial charge on any atom is 0.114 e. The Bertz CT molecular complexity index is 1520. The molecule has 6 rings (SSSR count). The van der Waals surface area contributed by atoms with Crippen LogP contribution >= 0.6 is 136 Å². The SMILES string of the molecule is CCN1CC=Cc2cc(C)ccc21.CCN1CC=Cc2cc([C-]=O)ccc21.CI.IC(I)I.ICI.O=[C-]c1ccc2c(c1)C=CCC2.[NH2-].[NH2-].[Y].[Y].[Y].[Y]. The van der Waals surface area contributed by atoms with Crippen molar-refractivity contribution in [3.05, 3.63) is 124 Å². The number of allylic oxidation sites excluding steroid dienone is 1. The third-order valence-electron chi connectivity index (χ3n) is 7.16. The van der Waals surface area contributed by atoms with Gasteiger partial charge in [0.05, 0.1) is 15.0 Å². The first-order valence-electron chi connectivity index (χ1n) is 15.3. The van der Waals surface area contributed by atoms with Crippen LogP contribution in [0.15, 0.2) is 72.8 Å². The molecule has 2 aliphatic heterocycles. The van der Waals surface area contributed by atoms with E-state index in [0.29, 0.717) is 11.1 Å². The molecule has 3 aromatic rings. The van der Waals surface area contributed by atoms with Crippen molar-refractivity contribution in [1.82, 2.24) is 0 Å². The topological polar surface area (TPSA) is 108 Å². The van der Waals surface area contributed by atoms with Crippen molar-refractivity contribution in [3.8, 4) is 0 Å². The Labute approximate surface area is 508 Å². The largest absolute Gasteiger partial charge is 0.693 e. The fourth-order valence-corrected chi connectivity index (χ4v) is 5.03. The molecule has 54 heavy (non-hydrogen) atoms. The number of halogens is 6. The maximum absolute atomic E-state index is 10.5. The number of nitrogens with two attached hydrogens (primary N) is 2. The number of hydrogen-bond acceptors (Lipinski definition) is 4. The molecule has 3 aromatic carbocycles. The van der Waals surface area contributed by atoms with E-state index < -0.39 is 0 Å². The average Bonchev–Trinajstić information content (AvgIpc) is 3.12. The zero-order valence-corrected chi connectivity index (χ0v) is 55.4. The summed E-state index contributed by atoms with van der Waals surface area (Å²) in [7, 11) is 0. The molecule has 0 saturated heterocycles. The molecule has 1 aliphatic carbocycles. The maximum atomic E-state index is 10.5. The van der Waals surface area contributed by atoms with E-state index in [1.54, 1.807) is 0 Å². The van der Waals surface area contributed by atoms with Crippen LogP contribution in [-0.4, -0.2) is 46.1 Å². The second-order valence-corrected chi connectivity index (χ2v) is 25.5. The fourth-order valence-electron chi connectivity index (χ4n) is 5.03. The van der Waals surface area contributed by atoms with E-state index in [-0.39, 0.29) is 143 Å². The van der Waals surface area contributed by atoms with E-state index in [2.05, 4.69) is 221 Å². The first kappa shape index (κ1) is 70.2. The monoisotopic (exact) mass is 1710 g/mol. The summed E-state index contributed by atoms with van der Waals surface area (Å²) in [5, 5.41) is 0. The van der Waals surface area contributed by atoms with Crippen molar-refractivity contribution in [3.63, 3.8) is 0 Å². The number of hydrogen-bond donors (Lipinski definition) is 0. The van der Waals surface area contributed by atoms with Gasteiger partial charge in [-0.05, 0) is 56.2 Å². The molecule has 0 spiro atoms. The summed E-state index contributed by atoms with van der Waals surface area (Å²) in [6, 6.07) is 18.0. The zero-order chi connectivity index (χ0) is 35.9. The molecule has 2 heterocycles. The van der Waals surface area contributed by atoms with Crippen LogP contribution in [-0.2, 0) is 147 Å². The van der Waals surface area contributed by atoms with E-state index in [0.717, 1.165) is 44.5 Å². The Hall–Kier alpha value is 4.54. The van der Waals surface area contributed by atoms with Crippen molar-refractivity contribution in [2.75, 3.05) is 43.3 Å². The summed E-state index contributed by atoms with van der Waals surface area (Å²) in [4.78, 5) is 27.4. The quantitative estimate of drug-likeness (QED) is 0.147. The third-order valence-corrected chi connectivity index (χ3v) is 7.16. The minimum atomic E-state index is 0. The Morgan fingerprint density at radius 2 is 1.04 bits per heavy atom. The summed E-state index contributed by atoms with van der Waals surface area (Å²) in [5.41, 5.74) is 10.1. The Morgan fingerprint density at radius 3 is 1.48 bits per heavy atom. The van der Waals surface area contributed by atoms with Crippen molar-refractivity contribution in [2.45, 2.75) is 33.6 Å². The first-order valence-corrected chi connectivity index (χ1v) is 24.2. The molecule has 0 saturated carbocycles. The number of benzene rings is 3. The van der Waals surface area contributed by atoms with Gasteiger partial charge in [0.15, 0.2) is 0 Å². The standard InChI is InChI=1S/C12H12NO.C12H15N.C11H9O.CHI3.CH2I2.CH3I.2H2N.4Y/c1-2-13-7-3-4-11-8-10(9-14)5-6-12(11)13;1-3-13-8-4-5-11-9-10(2)6-7-12(11)13;12-8-9-5-6-10-3-1-2-4-11(10)7-9;2-1(3)4;2-1-3;1-2;;;;;;/h3-6,8H,2,7H2,1H3;4-7,9H,3,8H2,1-2H3;2,4-7H,1,3H2;1H;1H2;1H3;2*1H2;;;;/q-1;;-1;;;;2*-1;;;;. The van der Waals surface area contributed by atoms with Crippen LogP contribution in [0, 0.1) is 6.92 Å². The Morgan fingerprint density at radius 1 is 0.648 bits per heavy atom. The molecule has 0 amide bonds. The third kappa shape index (κ3) is 28.3. The van der Waals surface area contributed by atoms with E-state index >= 15 is 0 Å². The van der Waals surface area contributed by atoms with Gasteiger partial charge in [0.2, 0.25) is 0 Å². The summed E-state index contributed by atoms with van der Waals surface area (Å²) < 4.78 is 1.93. The van der Waals surface area contributed by atoms with Crippen molar-refractivity contribution >= 4 is 178 Å². The van der Waals surface area contributed by atoms with E-state index in [1.165, 1.54) is 36.1 Å². The van der Waals surface area contributed by atoms with Gasteiger partial charge >= 0.3 is 0 Å². The van der Waals surface area contributed by atoms with Gasteiger partial charge in [-0.3, -0.25) is 0 Å². The van der Waals surface area contributed by atoms with Crippen molar-refractivity contribution in [2.24, 2.45) is 0 Å². The van der Waals surface area contributed by atoms with E-state index in [4.69, 9.17) is 0 Å². The molecule has 16 heteroatoms. The smallest absolute Gasteiger partial charge is 0.114 e. The molecule has 0 atom stereocenters. The molecule has 288 valence electrons. The second-order valence-electron chi connectivity index (χ2n) is 10.1. The molecule has 0 bridgehead atoms. The number of fused-ring (bicyclic) bond motifs is 3. The molecule has 0 unspecified atom stereocenters. The average molecular weight is 1710 g/mol. The van der Waals surface area contributed by atoms with Gasteiger partial charge in [-0.2, -0.15) is 35.4 Å². The zero-order valence-electron chi connectivity index (χ0n) is 31.1. The minimum absolute atomic E-state index is 0. The molecule has 4 radical (unpaired) electrons. The van der Waals surface area contributed by atoms with E-state index in [1.807, 2.05) is 53.9 Å². The van der Waals surface area contributed by atoms with Gasteiger partial charge in [0.1, 0.15) is -0.0619 Å². The van der Waals surface area contributed by atoms with Crippen LogP contribution in [0.25, 0.3) is 30.5 Å². The number of likely N-dealkylation sites (N-methyl/N-ethyl adjacent to an activating group) is 2. The molecular weight excluding hydrogens is 1660 g/mol. The van der Waals surface area contributed by atoms with Gasteiger partial charge in [0, 0.05) is 168 Å². The van der Waals surface area contributed by atoms with Crippen LogP contribution in [0.5, 0.6) is 0 Å². The molecule has 4 N–H and O–H groups in total.